The lowest BCUT2D eigenvalue weighted by Gasteiger charge is -2.37. The first-order valence-electron chi connectivity index (χ1n) is 21.2. The van der Waals surface area contributed by atoms with Crippen LogP contribution in [-0.4, -0.2) is 115 Å². The number of anilines is 1. The molecule has 0 saturated carbocycles. The van der Waals surface area contributed by atoms with Crippen molar-refractivity contribution in [1.82, 2.24) is 29.6 Å². The monoisotopic (exact) mass is 780 g/mol. The number of imide groups is 1. The fourth-order valence-corrected chi connectivity index (χ4v) is 8.90. The van der Waals surface area contributed by atoms with Crippen molar-refractivity contribution in [1.29, 1.82) is 0 Å². The fraction of sp³-hybridized carbons (Fsp3) is 0.465. The minimum Gasteiger partial charge on any atom is -0.496 e. The zero-order chi connectivity index (χ0) is 42.3. The molecule has 14 heteroatoms. The van der Waals surface area contributed by atoms with Gasteiger partial charge in [-0.2, -0.15) is 0 Å². The van der Waals surface area contributed by atoms with Gasteiger partial charge in [-0.25, -0.2) is 4.98 Å². The number of piperidine rings is 2. The van der Waals surface area contributed by atoms with Gasteiger partial charge < -0.3 is 33.5 Å². The lowest BCUT2D eigenvalue weighted by molar-refractivity contribution is -0.136. The SMILES string of the molecule is [2H]C([2H])([2H])Oc1cc2c(-c3cc(OC)c(CN4CCN(CCC5CCN(c6ccc7c(c6)C(=O)N(C6CCC(=O)NC6=O)C7)CC5)CC4)c(OC)c3)cn(C)c(=O)c2cn1. The van der Waals surface area contributed by atoms with Gasteiger partial charge in [-0.05, 0) is 73.5 Å². The van der Waals surface area contributed by atoms with E-state index in [9.17, 15) is 19.2 Å². The van der Waals surface area contributed by atoms with Crippen molar-refractivity contribution in [3.63, 3.8) is 0 Å². The van der Waals surface area contributed by atoms with E-state index >= 15 is 0 Å². The van der Waals surface area contributed by atoms with Crippen LogP contribution in [0, 0.1) is 5.92 Å². The van der Waals surface area contributed by atoms with Crippen LogP contribution in [0.4, 0.5) is 5.69 Å². The number of benzene rings is 2. The number of pyridine rings is 2. The predicted octanol–water partition coefficient (Wildman–Crippen LogP) is 3.81. The Morgan fingerprint density at radius 2 is 1.60 bits per heavy atom. The third-order valence-corrected chi connectivity index (χ3v) is 12.3. The van der Waals surface area contributed by atoms with Gasteiger partial charge in [0.15, 0.2) is 0 Å². The second kappa shape index (κ2) is 16.2. The van der Waals surface area contributed by atoms with Gasteiger partial charge in [0.05, 0.1) is 36.3 Å². The van der Waals surface area contributed by atoms with Crippen LogP contribution in [0.1, 0.15) is 57.7 Å². The topological polar surface area (TPSA) is 139 Å². The van der Waals surface area contributed by atoms with Gasteiger partial charge in [0.25, 0.3) is 11.5 Å². The van der Waals surface area contributed by atoms with Crippen LogP contribution in [0.5, 0.6) is 17.4 Å². The van der Waals surface area contributed by atoms with Crippen molar-refractivity contribution < 1.29 is 32.7 Å². The van der Waals surface area contributed by atoms with Crippen LogP contribution in [0.2, 0.25) is 0 Å². The molecule has 4 aliphatic heterocycles. The number of fused-ring (bicyclic) bond motifs is 2. The van der Waals surface area contributed by atoms with E-state index in [1.807, 2.05) is 24.3 Å². The largest absolute Gasteiger partial charge is 0.496 e. The second-order valence-corrected chi connectivity index (χ2v) is 15.6. The fourth-order valence-electron chi connectivity index (χ4n) is 8.90. The first-order chi connectivity index (χ1) is 28.8. The Bertz CT molecular complexity index is 2350. The number of amides is 3. The Kier molecular flexibility index (Phi) is 9.86. The van der Waals surface area contributed by atoms with E-state index in [0.717, 1.165) is 87.5 Å². The molecule has 3 saturated heterocycles. The molecule has 0 radical (unpaired) electrons. The number of hydrogen-bond donors (Lipinski definition) is 1. The molecule has 1 atom stereocenters. The highest BCUT2D eigenvalue weighted by atomic mass is 16.5. The number of aromatic nitrogens is 2. The summed E-state index contributed by atoms with van der Waals surface area (Å²) < 4.78 is 40.9. The van der Waals surface area contributed by atoms with E-state index in [0.29, 0.717) is 58.8 Å². The Labute approximate surface area is 336 Å². The molecule has 3 amide bonds. The van der Waals surface area contributed by atoms with Crippen molar-refractivity contribution in [2.45, 2.75) is 51.2 Å². The number of carbonyl (C=O) groups excluding carboxylic acids is 3. The number of rotatable bonds is 11. The number of piperazine rings is 1. The van der Waals surface area contributed by atoms with E-state index in [1.54, 1.807) is 32.4 Å². The van der Waals surface area contributed by atoms with Gasteiger partial charge in [0, 0.05) is 106 Å². The summed E-state index contributed by atoms with van der Waals surface area (Å²) in [6.45, 7) is 7.64. The highest BCUT2D eigenvalue weighted by Crippen LogP contribution is 2.39. The average molecular weight is 781 g/mol. The zero-order valence-corrected chi connectivity index (χ0v) is 32.7. The van der Waals surface area contributed by atoms with Gasteiger partial charge in [0.2, 0.25) is 17.7 Å². The summed E-state index contributed by atoms with van der Waals surface area (Å²) in [7, 11) is 2.22. The summed E-state index contributed by atoms with van der Waals surface area (Å²) in [6.07, 6.45) is 6.97. The van der Waals surface area contributed by atoms with Gasteiger partial charge in [0.1, 0.15) is 17.5 Å². The number of aryl methyl sites for hydroxylation is 1. The summed E-state index contributed by atoms with van der Waals surface area (Å²) in [5.41, 5.74) is 4.68. The van der Waals surface area contributed by atoms with Crippen molar-refractivity contribution >= 4 is 34.2 Å². The predicted molar refractivity (Wildman–Crippen MR) is 216 cm³/mol. The van der Waals surface area contributed by atoms with Crippen LogP contribution in [-0.2, 0) is 29.7 Å². The Hall–Kier alpha value is -5.47. The van der Waals surface area contributed by atoms with Crippen LogP contribution in [0.3, 0.4) is 0 Å². The minimum absolute atomic E-state index is 0.105. The molecule has 0 spiro atoms. The van der Waals surface area contributed by atoms with Crippen molar-refractivity contribution in [2.75, 3.05) is 72.0 Å². The van der Waals surface area contributed by atoms with Gasteiger partial charge in [-0.15, -0.1) is 0 Å². The first-order valence-corrected chi connectivity index (χ1v) is 19.7. The van der Waals surface area contributed by atoms with Crippen molar-refractivity contribution in [2.24, 2.45) is 13.0 Å². The highest BCUT2D eigenvalue weighted by Gasteiger charge is 2.39. The Balaban J connectivity index is 0.849. The molecule has 1 N–H and O–H groups in total. The molecule has 8 rings (SSSR count). The quantitative estimate of drug-likeness (QED) is 0.223. The zero-order valence-electron chi connectivity index (χ0n) is 35.7. The Morgan fingerprint density at radius 3 is 2.30 bits per heavy atom. The number of hydrogen-bond acceptors (Lipinski definition) is 11. The van der Waals surface area contributed by atoms with Crippen LogP contribution >= 0.6 is 0 Å². The van der Waals surface area contributed by atoms with E-state index < -0.39 is 19.0 Å². The summed E-state index contributed by atoms with van der Waals surface area (Å²) in [5, 5.41) is 3.21. The summed E-state index contributed by atoms with van der Waals surface area (Å²) in [4.78, 5) is 63.5. The summed E-state index contributed by atoms with van der Waals surface area (Å²) in [6, 6.07) is 10.8. The molecule has 0 bridgehead atoms. The van der Waals surface area contributed by atoms with E-state index in [4.69, 9.17) is 18.3 Å². The maximum Gasteiger partial charge on any atom is 0.259 e. The number of methoxy groups -OCH3 is 3. The molecule has 3 fully saturated rings. The molecule has 4 aromatic rings. The Morgan fingerprint density at radius 1 is 0.860 bits per heavy atom. The third-order valence-electron chi connectivity index (χ3n) is 12.3. The number of carbonyl (C=O) groups is 3. The van der Waals surface area contributed by atoms with E-state index in [-0.39, 0.29) is 29.7 Å². The number of ether oxygens (including phenoxy) is 3. The number of nitrogens with zero attached hydrogens (tertiary/aromatic N) is 6. The van der Waals surface area contributed by atoms with E-state index in [2.05, 4.69) is 31.1 Å². The molecule has 6 heterocycles. The normalized spacial score (nSPS) is 20.6. The first kappa shape index (κ1) is 34.8. The smallest absolute Gasteiger partial charge is 0.259 e. The maximum atomic E-state index is 13.4. The second-order valence-electron chi connectivity index (χ2n) is 15.6. The standard InChI is InChI=1S/C43H51N7O7/c1-46-25-34(32-22-40(57-4)44-23-33(32)42(46)53)29-19-37(55-2)35(38(20-29)56-3)26-48-17-15-47(16-18-48)12-9-27-10-13-49(14-11-27)30-6-5-28-24-50(43(54)31(28)21-30)36-7-8-39(51)45-41(36)52/h5-6,19-23,25,27,36H,7-18,24,26H2,1-4H3,(H,45,51,52)/i4D3. The summed E-state index contributed by atoms with van der Waals surface area (Å²) >= 11 is 0. The lowest BCUT2D eigenvalue weighted by Crippen LogP contribution is -2.52. The van der Waals surface area contributed by atoms with Crippen LogP contribution in [0.15, 0.2) is 53.6 Å². The molecule has 2 aromatic heterocycles. The minimum atomic E-state index is -2.69. The summed E-state index contributed by atoms with van der Waals surface area (Å²) in [5.74, 6) is 1.00. The molecule has 2 aromatic carbocycles. The van der Waals surface area contributed by atoms with Crippen LogP contribution < -0.4 is 30.0 Å². The maximum absolute atomic E-state index is 13.4. The molecule has 300 valence electrons. The van der Waals surface area contributed by atoms with Crippen molar-refractivity contribution in [3.05, 3.63) is 75.8 Å². The number of nitrogens with one attached hydrogen (secondary N) is 1. The van der Waals surface area contributed by atoms with E-state index in [1.165, 1.54) is 16.8 Å². The lowest BCUT2D eigenvalue weighted by atomic mass is 9.92. The molecule has 1 unspecified atom stereocenters. The molecular weight excluding hydrogens is 727 g/mol. The molecule has 0 aliphatic carbocycles. The molecule has 14 nitrogen and oxygen atoms in total. The van der Waals surface area contributed by atoms with Crippen LogP contribution in [0.25, 0.3) is 21.9 Å². The van der Waals surface area contributed by atoms with Gasteiger partial charge in [-0.1, -0.05) is 6.07 Å². The third kappa shape index (κ3) is 7.67. The molecule has 57 heavy (non-hydrogen) atoms. The average Bonchev–Trinajstić information content (AvgIpc) is 3.56. The van der Waals surface area contributed by atoms with Gasteiger partial charge >= 0.3 is 0 Å². The molecule has 4 aliphatic rings. The van der Waals surface area contributed by atoms with Gasteiger partial charge in [-0.3, -0.25) is 29.4 Å². The molecular formula is C43H51N7O7. The van der Waals surface area contributed by atoms with Crippen molar-refractivity contribution in [3.8, 4) is 28.5 Å². The highest BCUT2D eigenvalue weighted by molar-refractivity contribution is 6.05.